The molecule has 0 aromatic rings. The Morgan fingerprint density at radius 2 is 2.57 bits per heavy atom. The van der Waals surface area contributed by atoms with Crippen molar-refractivity contribution in [3.63, 3.8) is 0 Å². The number of nitrogens with zero attached hydrogens (tertiary/aromatic N) is 1. The number of hydrogen-bond acceptors (Lipinski definition) is 3. The van der Waals surface area contributed by atoms with Gasteiger partial charge in [0.1, 0.15) is 0 Å². The maximum Gasteiger partial charge on any atom is 0.0513 e. The fourth-order valence-electron chi connectivity index (χ4n) is 0.228. The summed E-state index contributed by atoms with van der Waals surface area (Å²) in [6.07, 6.45) is 2.07. The van der Waals surface area contributed by atoms with Crippen LogP contribution < -0.4 is 0 Å². The molecular formula is C4H9NO2. The van der Waals surface area contributed by atoms with Crippen molar-refractivity contribution in [2.24, 2.45) is 5.16 Å². The van der Waals surface area contributed by atoms with E-state index >= 15 is 0 Å². The van der Waals surface area contributed by atoms with Gasteiger partial charge in [-0.15, -0.1) is 5.16 Å². The minimum Gasteiger partial charge on any atom is -0.411 e. The van der Waals surface area contributed by atoms with Gasteiger partial charge in [-0.25, -0.2) is 0 Å². The van der Waals surface area contributed by atoms with Crippen LogP contribution in [0.25, 0.3) is 0 Å². The predicted molar refractivity (Wildman–Crippen MR) is 26.8 cm³/mol. The first-order valence-electron chi connectivity index (χ1n) is 2.06. The minimum atomic E-state index is 0.615. The lowest BCUT2D eigenvalue weighted by atomic mass is 10.5. The molecule has 0 aliphatic carbocycles. The maximum absolute atomic E-state index is 7.81. The summed E-state index contributed by atoms with van der Waals surface area (Å²) >= 11 is 0. The van der Waals surface area contributed by atoms with E-state index in [1.54, 1.807) is 7.11 Å². The van der Waals surface area contributed by atoms with Gasteiger partial charge in [-0.2, -0.15) is 0 Å². The molecule has 0 amide bonds. The van der Waals surface area contributed by atoms with Gasteiger partial charge in [-0.05, 0) is 0 Å². The van der Waals surface area contributed by atoms with Crippen LogP contribution in [0.1, 0.15) is 6.42 Å². The average molecular weight is 103 g/mol. The Morgan fingerprint density at radius 3 is 3.00 bits per heavy atom. The second-order valence-corrected chi connectivity index (χ2v) is 1.08. The van der Waals surface area contributed by atoms with Crippen molar-refractivity contribution >= 4 is 6.21 Å². The molecule has 1 N–H and O–H groups in total. The summed E-state index contributed by atoms with van der Waals surface area (Å²) < 4.78 is 4.64. The lowest BCUT2D eigenvalue weighted by Crippen LogP contribution is -1.87. The first kappa shape index (κ1) is 6.43. The minimum absolute atomic E-state index is 0.615. The van der Waals surface area contributed by atoms with Gasteiger partial charge in [-0.3, -0.25) is 0 Å². The third-order valence-corrected chi connectivity index (χ3v) is 0.533. The highest BCUT2D eigenvalue weighted by Crippen LogP contribution is 1.71. The Labute approximate surface area is 42.6 Å². The van der Waals surface area contributed by atoms with Crippen LogP contribution in [0.5, 0.6) is 0 Å². The van der Waals surface area contributed by atoms with Gasteiger partial charge in [0.05, 0.1) is 6.61 Å². The Balaban J connectivity index is 2.69. The van der Waals surface area contributed by atoms with Gasteiger partial charge in [0.15, 0.2) is 0 Å². The van der Waals surface area contributed by atoms with E-state index in [1.807, 2.05) is 0 Å². The average Bonchev–Trinajstić information content (AvgIpc) is 1.69. The molecule has 0 aromatic carbocycles. The smallest absolute Gasteiger partial charge is 0.0513 e. The quantitative estimate of drug-likeness (QED) is 0.244. The van der Waals surface area contributed by atoms with Crippen LogP contribution in [0.2, 0.25) is 0 Å². The van der Waals surface area contributed by atoms with Crippen LogP contribution in [0.3, 0.4) is 0 Å². The summed E-state index contributed by atoms with van der Waals surface area (Å²) in [4.78, 5) is 0. The summed E-state index contributed by atoms with van der Waals surface area (Å²) in [5, 5.41) is 10.6. The number of oxime groups is 1. The molecule has 3 heteroatoms. The topological polar surface area (TPSA) is 41.8 Å². The molecule has 0 spiro atoms. The van der Waals surface area contributed by atoms with E-state index in [2.05, 4.69) is 9.89 Å². The number of methoxy groups -OCH3 is 1. The van der Waals surface area contributed by atoms with Crippen LogP contribution in [-0.4, -0.2) is 25.1 Å². The first-order valence-corrected chi connectivity index (χ1v) is 2.06. The molecular weight excluding hydrogens is 94.0 g/mol. The maximum atomic E-state index is 7.81. The number of hydrogen-bond donors (Lipinski definition) is 1. The van der Waals surface area contributed by atoms with Gasteiger partial charge in [-0.1, -0.05) is 0 Å². The lowest BCUT2D eigenvalue weighted by Gasteiger charge is -1.86. The molecule has 0 saturated carbocycles. The molecule has 0 fully saturated rings. The SMILES string of the molecule is COCC/C=N/O. The van der Waals surface area contributed by atoms with Gasteiger partial charge in [0.25, 0.3) is 0 Å². The molecule has 0 atom stereocenters. The highest BCUT2D eigenvalue weighted by atomic mass is 16.5. The molecule has 0 radical (unpaired) electrons. The van der Waals surface area contributed by atoms with Crippen molar-refractivity contribution in [1.29, 1.82) is 0 Å². The molecule has 0 aromatic heterocycles. The van der Waals surface area contributed by atoms with Crippen molar-refractivity contribution < 1.29 is 9.94 Å². The van der Waals surface area contributed by atoms with E-state index in [0.717, 1.165) is 0 Å². The summed E-state index contributed by atoms with van der Waals surface area (Å²) in [7, 11) is 1.60. The van der Waals surface area contributed by atoms with Crippen molar-refractivity contribution in [3.8, 4) is 0 Å². The Bertz CT molecular complexity index is 53.7. The second-order valence-electron chi connectivity index (χ2n) is 1.08. The van der Waals surface area contributed by atoms with E-state index < -0.39 is 0 Å². The second kappa shape index (κ2) is 5.43. The van der Waals surface area contributed by atoms with Gasteiger partial charge in [0.2, 0.25) is 0 Å². The fourth-order valence-corrected chi connectivity index (χ4v) is 0.228. The molecule has 0 aliphatic rings. The highest BCUT2D eigenvalue weighted by Gasteiger charge is 1.74. The summed E-state index contributed by atoms with van der Waals surface area (Å²) in [6.45, 7) is 0.615. The Kier molecular flexibility index (Phi) is 4.99. The van der Waals surface area contributed by atoms with E-state index in [1.165, 1.54) is 6.21 Å². The zero-order valence-electron chi connectivity index (χ0n) is 4.29. The summed E-state index contributed by atoms with van der Waals surface area (Å²) in [5.41, 5.74) is 0. The van der Waals surface area contributed by atoms with Crippen molar-refractivity contribution in [2.75, 3.05) is 13.7 Å². The van der Waals surface area contributed by atoms with Crippen LogP contribution in [0.15, 0.2) is 5.16 Å². The lowest BCUT2D eigenvalue weighted by molar-refractivity contribution is 0.207. The van der Waals surface area contributed by atoms with E-state index in [4.69, 9.17) is 5.21 Å². The molecule has 0 unspecified atom stereocenters. The molecule has 0 saturated heterocycles. The Morgan fingerprint density at radius 1 is 1.86 bits per heavy atom. The monoisotopic (exact) mass is 103 g/mol. The van der Waals surface area contributed by atoms with Gasteiger partial charge in [0, 0.05) is 19.7 Å². The van der Waals surface area contributed by atoms with Crippen LogP contribution in [0, 0.1) is 0 Å². The fraction of sp³-hybridized carbons (Fsp3) is 0.750. The molecule has 7 heavy (non-hydrogen) atoms. The molecule has 0 heterocycles. The largest absolute Gasteiger partial charge is 0.411 e. The number of rotatable bonds is 3. The summed E-state index contributed by atoms with van der Waals surface area (Å²) in [6, 6.07) is 0. The van der Waals surface area contributed by atoms with E-state index in [-0.39, 0.29) is 0 Å². The molecule has 3 nitrogen and oxygen atoms in total. The predicted octanol–water partition coefficient (Wildman–Crippen LogP) is 0.483. The van der Waals surface area contributed by atoms with Crippen LogP contribution in [-0.2, 0) is 4.74 Å². The Hall–Kier alpha value is -0.570. The zero-order chi connectivity index (χ0) is 5.54. The first-order chi connectivity index (χ1) is 3.41. The third-order valence-electron chi connectivity index (χ3n) is 0.533. The van der Waals surface area contributed by atoms with E-state index in [9.17, 15) is 0 Å². The third kappa shape index (κ3) is 5.43. The molecule has 0 aliphatic heterocycles. The van der Waals surface area contributed by atoms with Crippen molar-refractivity contribution in [3.05, 3.63) is 0 Å². The zero-order valence-corrected chi connectivity index (χ0v) is 4.29. The highest BCUT2D eigenvalue weighted by molar-refractivity contribution is 5.56. The molecule has 42 valence electrons. The van der Waals surface area contributed by atoms with Gasteiger partial charge >= 0.3 is 0 Å². The standard InChI is InChI=1S/C4H9NO2/c1-7-4-2-3-5-6/h3,6H,2,4H2,1H3/b5-3+. The van der Waals surface area contributed by atoms with Crippen molar-refractivity contribution in [2.45, 2.75) is 6.42 Å². The molecule has 0 bridgehead atoms. The van der Waals surface area contributed by atoms with E-state index in [0.29, 0.717) is 13.0 Å². The summed E-state index contributed by atoms with van der Waals surface area (Å²) in [5.74, 6) is 0. The van der Waals surface area contributed by atoms with Crippen LogP contribution >= 0.6 is 0 Å². The molecule has 0 rings (SSSR count). The van der Waals surface area contributed by atoms with Crippen molar-refractivity contribution in [1.82, 2.24) is 0 Å². The van der Waals surface area contributed by atoms with Crippen LogP contribution in [0.4, 0.5) is 0 Å². The normalized spacial score (nSPS) is 10.4. The number of ether oxygens (including phenoxy) is 1. The van der Waals surface area contributed by atoms with Gasteiger partial charge < -0.3 is 9.94 Å².